The van der Waals surface area contributed by atoms with Gasteiger partial charge in [0.15, 0.2) is 11.3 Å². The molecular formula is C20H12FN3O. The lowest BCUT2D eigenvalue weighted by Gasteiger charge is -2.08. The normalized spacial score (nSPS) is 9.92. The fraction of sp³-hybridized carbons (Fsp3) is 0.0500. The number of methoxy groups -OCH3 is 1. The van der Waals surface area contributed by atoms with Gasteiger partial charge in [0.05, 0.1) is 18.3 Å². The summed E-state index contributed by atoms with van der Waals surface area (Å²) in [5.74, 6) is -0.129. The summed E-state index contributed by atoms with van der Waals surface area (Å²) in [6.45, 7) is 0. The molecular weight excluding hydrogens is 317 g/mol. The van der Waals surface area contributed by atoms with Crippen molar-refractivity contribution in [2.24, 2.45) is 0 Å². The van der Waals surface area contributed by atoms with Gasteiger partial charge in [-0.05, 0) is 24.3 Å². The van der Waals surface area contributed by atoms with Crippen molar-refractivity contribution >= 4 is 16.7 Å². The topological polar surface area (TPSA) is 69.7 Å². The molecule has 0 unspecified atom stereocenters. The first-order valence-electron chi connectivity index (χ1n) is 7.42. The highest BCUT2D eigenvalue weighted by molar-refractivity contribution is 5.85. The molecule has 0 bridgehead atoms. The van der Waals surface area contributed by atoms with Crippen LogP contribution in [-0.2, 0) is 4.74 Å². The summed E-state index contributed by atoms with van der Waals surface area (Å²) in [6, 6.07) is 18.9. The van der Waals surface area contributed by atoms with E-state index in [9.17, 15) is 4.39 Å². The van der Waals surface area contributed by atoms with Gasteiger partial charge in [-0.15, -0.1) is 0 Å². The molecule has 0 saturated heterocycles. The summed E-state index contributed by atoms with van der Waals surface area (Å²) < 4.78 is 18.7. The van der Waals surface area contributed by atoms with Gasteiger partial charge in [-0.3, -0.25) is 0 Å². The van der Waals surface area contributed by atoms with Crippen LogP contribution in [0.15, 0.2) is 60.2 Å². The molecule has 0 atom stereocenters. The van der Waals surface area contributed by atoms with Crippen LogP contribution in [0.2, 0.25) is 0 Å². The van der Waals surface area contributed by atoms with Gasteiger partial charge < -0.3 is 4.74 Å². The molecule has 5 heteroatoms. The van der Waals surface area contributed by atoms with Gasteiger partial charge in [0, 0.05) is 16.5 Å². The Morgan fingerprint density at radius 3 is 2.48 bits per heavy atom. The number of fused-ring (bicyclic) bond motifs is 1. The summed E-state index contributed by atoms with van der Waals surface area (Å²) in [7, 11) is 1.41. The lowest BCUT2D eigenvalue weighted by Crippen LogP contribution is -1.93. The summed E-state index contributed by atoms with van der Waals surface area (Å²) in [5, 5.41) is 19.0. The number of allylic oxidation sites excluding steroid dienone is 1. The first kappa shape index (κ1) is 16.2. The Hall–Kier alpha value is -3.70. The second-order valence-corrected chi connectivity index (χ2v) is 5.25. The highest BCUT2D eigenvalue weighted by Crippen LogP contribution is 2.26. The summed E-state index contributed by atoms with van der Waals surface area (Å²) >= 11 is 0. The minimum absolute atomic E-state index is 0.108. The van der Waals surface area contributed by atoms with Gasteiger partial charge in [-0.1, -0.05) is 30.3 Å². The molecule has 0 saturated carbocycles. The number of halogens is 1. The Morgan fingerprint density at radius 2 is 1.80 bits per heavy atom. The molecule has 0 aliphatic rings. The fourth-order valence-corrected chi connectivity index (χ4v) is 2.56. The molecule has 0 spiro atoms. The number of benzene rings is 2. The second-order valence-electron chi connectivity index (χ2n) is 5.25. The van der Waals surface area contributed by atoms with Crippen molar-refractivity contribution in [3.05, 3.63) is 71.6 Å². The highest BCUT2D eigenvalue weighted by atomic mass is 19.1. The maximum atomic E-state index is 13.4. The van der Waals surface area contributed by atoms with Crippen LogP contribution in [0.4, 0.5) is 4.39 Å². The number of rotatable bonds is 3. The Bertz CT molecular complexity index is 1060. The van der Waals surface area contributed by atoms with Gasteiger partial charge in [0.25, 0.3) is 0 Å². The largest absolute Gasteiger partial charge is 0.494 e. The number of aromatic nitrogens is 1. The van der Waals surface area contributed by atoms with Gasteiger partial charge in [0.1, 0.15) is 18.0 Å². The van der Waals surface area contributed by atoms with Crippen molar-refractivity contribution in [2.75, 3.05) is 7.11 Å². The number of hydrogen-bond donors (Lipinski definition) is 0. The standard InChI is InChI=1S/C20H12FN3O/c1-25-20(16(11-22)12-23)15-6-5-13-7-8-18(24-19(13)10-15)14-3-2-4-17(21)9-14/h2-10H,1H3. The minimum atomic E-state index is -0.328. The number of hydrogen-bond acceptors (Lipinski definition) is 4. The van der Waals surface area contributed by atoms with E-state index in [0.717, 1.165) is 5.39 Å². The van der Waals surface area contributed by atoms with Crippen molar-refractivity contribution < 1.29 is 9.13 Å². The van der Waals surface area contributed by atoms with E-state index < -0.39 is 0 Å². The molecule has 1 aromatic heterocycles. The Kier molecular flexibility index (Phi) is 4.41. The smallest absolute Gasteiger partial charge is 0.172 e. The van der Waals surface area contributed by atoms with Gasteiger partial charge in [-0.2, -0.15) is 10.5 Å². The highest BCUT2D eigenvalue weighted by Gasteiger charge is 2.11. The first-order chi connectivity index (χ1) is 12.2. The third kappa shape index (κ3) is 3.17. The zero-order valence-corrected chi connectivity index (χ0v) is 13.3. The maximum Gasteiger partial charge on any atom is 0.172 e. The third-order valence-electron chi connectivity index (χ3n) is 3.73. The molecule has 2 aromatic carbocycles. The van der Waals surface area contributed by atoms with E-state index in [1.54, 1.807) is 24.3 Å². The van der Waals surface area contributed by atoms with Crippen LogP contribution in [-0.4, -0.2) is 12.1 Å². The van der Waals surface area contributed by atoms with Crippen LogP contribution < -0.4 is 0 Å². The van der Waals surface area contributed by atoms with E-state index in [-0.39, 0.29) is 17.1 Å². The lowest BCUT2D eigenvalue weighted by atomic mass is 10.1. The Labute approximate surface area is 144 Å². The zero-order valence-electron chi connectivity index (χ0n) is 13.3. The fourth-order valence-electron chi connectivity index (χ4n) is 2.56. The summed E-state index contributed by atoms with van der Waals surface area (Å²) in [4.78, 5) is 4.56. The van der Waals surface area contributed by atoms with Crippen LogP contribution in [0, 0.1) is 28.5 Å². The lowest BCUT2D eigenvalue weighted by molar-refractivity contribution is 0.369. The maximum absolute atomic E-state index is 13.4. The minimum Gasteiger partial charge on any atom is -0.494 e. The predicted octanol–water partition coefficient (Wildman–Crippen LogP) is 4.45. The van der Waals surface area contributed by atoms with E-state index in [2.05, 4.69) is 4.98 Å². The molecule has 0 aliphatic carbocycles. The summed E-state index contributed by atoms with van der Waals surface area (Å²) in [5.41, 5.74) is 2.43. The van der Waals surface area contributed by atoms with Crippen molar-refractivity contribution in [3.8, 4) is 23.4 Å². The van der Waals surface area contributed by atoms with Gasteiger partial charge >= 0.3 is 0 Å². The van der Waals surface area contributed by atoms with E-state index in [4.69, 9.17) is 15.3 Å². The van der Waals surface area contributed by atoms with Gasteiger partial charge in [-0.25, -0.2) is 9.37 Å². The van der Waals surface area contributed by atoms with Crippen LogP contribution in [0.3, 0.4) is 0 Å². The predicted molar refractivity (Wildman–Crippen MR) is 92.3 cm³/mol. The molecule has 25 heavy (non-hydrogen) atoms. The number of pyridine rings is 1. The number of nitriles is 2. The summed E-state index contributed by atoms with van der Waals surface area (Å²) in [6.07, 6.45) is 0. The Balaban J connectivity index is 2.16. The molecule has 0 fully saturated rings. The van der Waals surface area contributed by atoms with Crippen molar-refractivity contribution in [3.63, 3.8) is 0 Å². The Morgan fingerprint density at radius 1 is 1.04 bits per heavy atom. The van der Waals surface area contributed by atoms with Gasteiger partial charge in [0.2, 0.25) is 0 Å². The molecule has 4 nitrogen and oxygen atoms in total. The average molecular weight is 329 g/mol. The number of nitrogens with zero attached hydrogens (tertiary/aromatic N) is 3. The quantitative estimate of drug-likeness (QED) is 0.526. The van der Waals surface area contributed by atoms with Crippen molar-refractivity contribution in [1.29, 1.82) is 10.5 Å². The number of ether oxygens (including phenoxy) is 1. The second kappa shape index (κ2) is 6.82. The molecule has 1 heterocycles. The van der Waals surface area contributed by atoms with E-state index in [0.29, 0.717) is 22.3 Å². The van der Waals surface area contributed by atoms with Crippen molar-refractivity contribution in [1.82, 2.24) is 4.98 Å². The van der Waals surface area contributed by atoms with E-state index in [1.807, 2.05) is 30.3 Å². The SMILES string of the molecule is COC(=C(C#N)C#N)c1ccc2ccc(-c3cccc(F)c3)nc2c1. The monoisotopic (exact) mass is 329 g/mol. The van der Waals surface area contributed by atoms with E-state index >= 15 is 0 Å². The molecule has 3 aromatic rings. The van der Waals surface area contributed by atoms with Crippen LogP contribution >= 0.6 is 0 Å². The molecule has 0 amide bonds. The zero-order chi connectivity index (χ0) is 17.8. The van der Waals surface area contributed by atoms with Crippen LogP contribution in [0.1, 0.15) is 5.56 Å². The first-order valence-corrected chi connectivity index (χ1v) is 7.42. The third-order valence-corrected chi connectivity index (χ3v) is 3.73. The van der Waals surface area contributed by atoms with Crippen LogP contribution in [0.25, 0.3) is 27.9 Å². The molecule has 120 valence electrons. The molecule has 3 rings (SSSR count). The molecule has 0 radical (unpaired) electrons. The van der Waals surface area contributed by atoms with Crippen LogP contribution in [0.5, 0.6) is 0 Å². The molecule has 0 aliphatic heterocycles. The van der Waals surface area contributed by atoms with Crippen molar-refractivity contribution in [2.45, 2.75) is 0 Å². The van der Waals surface area contributed by atoms with E-state index in [1.165, 1.54) is 19.2 Å². The molecule has 0 N–H and O–H groups in total. The average Bonchev–Trinajstić information content (AvgIpc) is 2.65.